The summed E-state index contributed by atoms with van der Waals surface area (Å²) in [7, 11) is -2.15. The van der Waals surface area contributed by atoms with Crippen LogP contribution < -0.4 is 10.0 Å². The van der Waals surface area contributed by atoms with Crippen molar-refractivity contribution < 1.29 is 13.2 Å². The minimum absolute atomic E-state index is 0.106. The highest BCUT2D eigenvalue weighted by molar-refractivity contribution is 7.89. The van der Waals surface area contributed by atoms with Crippen LogP contribution in [0, 0.1) is 12.8 Å². The molecule has 0 aromatic heterocycles. The number of aryl methyl sites for hydroxylation is 1. The van der Waals surface area contributed by atoms with Gasteiger partial charge in [-0.15, -0.1) is 0 Å². The van der Waals surface area contributed by atoms with E-state index in [-0.39, 0.29) is 16.7 Å². The molecule has 106 valence electrons. The van der Waals surface area contributed by atoms with Gasteiger partial charge in [-0.2, -0.15) is 0 Å². The molecule has 1 unspecified atom stereocenters. The van der Waals surface area contributed by atoms with E-state index in [1.165, 1.54) is 13.1 Å². The third kappa shape index (κ3) is 3.78. The highest BCUT2D eigenvalue weighted by Crippen LogP contribution is 2.20. The maximum Gasteiger partial charge on any atom is 0.240 e. The van der Waals surface area contributed by atoms with Gasteiger partial charge in [0, 0.05) is 11.6 Å². The van der Waals surface area contributed by atoms with E-state index in [1.807, 2.05) is 13.8 Å². The summed E-state index contributed by atoms with van der Waals surface area (Å²) in [4.78, 5) is 12.0. The Labute approximate surface area is 114 Å². The van der Waals surface area contributed by atoms with Crippen LogP contribution in [-0.4, -0.2) is 21.4 Å². The zero-order valence-corrected chi connectivity index (χ0v) is 12.5. The summed E-state index contributed by atoms with van der Waals surface area (Å²) in [5, 5.41) is 2.73. The number of carbonyl (C=O) groups is 1. The minimum atomic E-state index is -3.51. The van der Waals surface area contributed by atoms with Gasteiger partial charge in [-0.1, -0.05) is 19.9 Å². The van der Waals surface area contributed by atoms with Crippen molar-refractivity contribution >= 4 is 21.6 Å². The smallest absolute Gasteiger partial charge is 0.240 e. The number of rotatable bonds is 5. The molecule has 0 saturated carbocycles. The molecule has 6 heteroatoms. The van der Waals surface area contributed by atoms with Crippen molar-refractivity contribution in [2.45, 2.75) is 32.1 Å². The van der Waals surface area contributed by atoms with Crippen molar-refractivity contribution in [1.29, 1.82) is 0 Å². The first kappa shape index (κ1) is 15.7. The zero-order valence-electron chi connectivity index (χ0n) is 11.6. The van der Waals surface area contributed by atoms with Crippen LogP contribution in [0.2, 0.25) is 0 Å². The van der Waals surface area contributed by atoms with Crippen LogP contribution in [0.1, 0.15) is 25.8 Å². The van der Waals surface area contributed by atoms with Gasteiger partial charge in [0.05, 0.1) is 4.90 Å². The first-order valence-electron chi connectivity index (χ1n) is 6.17. The highest BCUT2D eigenvalue weighted by Gasteiger charge is 2.16. The van der Waals surface area contributed by atoms with Crippen LogP contribution in [-0.2, 0) is 14.8 Å². The number of benzene rings is 1. The van der Waals surface area contributed by atoms with Crippen LogP contribution in [0.5, 0.6) is 0 Å². The van der Waals surface area contributed by atoms with Crippen molar-refractivity contribution in [3.05, 3.63) is 23.8 Å². The molecule has 5 nitrogen and oxygen atoms in total. The molecule has 1 aromatic carbocycles. The number of amides is 1. The molecule has 1 amide bonds. The Morgan fingerprint density at radius 2 is 2.00 bits per heavy atom. The lowest BCUT2D eigenvalue weighted by atomic mass is 10.1. The van der Waals surface area contributed by atoms with E-state index in [2.05, 4.69) is 10.0 Å². The van der Waals surface area contributed by atoms with E-state index in [9.17, 15) is 13.2 Å². The fraction of sp³-hybridized carbons (Fsp3) is 0.462. The number of nitrogens with one attached hydrogen (secondary N) is 2. The molecule has 0 aliphatic carbocycles. The first-order chi connectivity index (χ1) is 8.81. The van der Waals surface area contributed by atoms with Gasteiger partial charge in [-0.3, -0.25) is 4.79 Å². The molecule has 0 heterocycles. The molecule has 0 fully saturated rings. The maximum atomic E-state index is 11.8. The summed E-state index contributed by atoms with van der Waals surface area (Å²) >= 11 is 0. The second kappa shape index (κ2) is 6.16. The molecule has 0 aliphatic rings. The summed E-state index contributed by atoms with van der Waals surface area (Å²) < 4.78 is 25.9. The van der Waals surface area contributed by atoms with Crippen molar-refractivity contribution in [1.82, 2.24) is 4.72 Å². The zero-order chi connectivity index (χ0) is 14.6. The van der Waals surface area contributed by atoms with E-state index in [0.29, 0.717) is 11.3 Å². The Bertz CT molecular complexity index is 567. The molecule has 0 aliphatic heterocycles. The van der Waals surface area contributed by atoms with Gasteiger partial charge < -0.3 is 5.32 Å². The van der Waals surface area contributed by atoms with Crippen molar-refractivity contribution in [3.8, 4) is 0 Å². The lowest BCUT2D eigenvalue weighted by Gasteiger charge is -2.12. The van der Waals surface area contributed by atoms with E-state index < -0.39 is 10.0 Å². The van der Waals surface area contributed by atoms with Crippen molar-refractivity contribution in [2.75, 3.05) is 12.4 Å². The molecule has 19 heavy (non-hydrogen) atoms. The van der Waals surface area contributed by atoms with Gasteiger partial charge in [0.1, 0.15) is 0 Å². The summed E-state index contributed by atoms with van der Waals surface area (Å²) in [5.41, 5.74) is 1.13. The Balaban J connectivity index is 3.07. The van der Waals surface area contributed by atoms with Crippen molar-refractivity contribution in [3.63, 3.8) is 0 Å². The fourth-order valence-electron chi connectivity index (χ4n) is 1.53. The van der Waals surface area contributed by atoms with E-state index in [0.717, 1.165) is 6.42 Å². The quantitative estimate of drug-likeness (QED) is 0.867. The van der Waals surface area contributed by atoms with Crippen LogP contribution in [0.4, 0.5) is 5.69 Å². The summed E-state index contributed by atoms with van der Waals surface area (Å²) in [6.07, 6.45) is 0.735. The van der Waals surface area contributed by atoms with E-state index in [4.69, 9.17) is 0 Å². The Morgan fingerprint density at radius 3 is 2.53 bits per heavy atom. The second-order valence-corrected chi connectivity index (χ2v) is 6.34. The fourth-order valence-corrected chi connectivity index (χ4v) is 2.52. The molecule has 1 atom stereocenters. The second-order valence-electron chi connectivity index (χ2n) is 4.49. The number of sulfonamides is 1. The predicted octanol–water partition coefficient (Wildman–Crippen LogP) is 1.89. The van der Waals surface area contributed by atoms with Gasteiger partial charge in [0.15, 0.2) is 0 Å². The van der Waals surface area contributed by atoms with Gasteiger partial charge >= 0.3 is 0 Å². The average Bonchev–Trinajstić information content (AvgIpc) is 2.39. The van der Waals surface area contributed by atoms with Crippen molar-refractivity contribution in [2.24, 2.45) is 5.92 Å². The van der Waals surface area contributed by atoms with Gasteiger partial charge in [-0.05, 0) is 38.1 Å². The van der Waals surface area contributed by atoms with Gasteiger partial charge in [-0.25, -0.2) is 13.1 Å². The van der Waals surface area contributed by atoms with E-state index >= 15 is 0 Å². The van der Waals surface area contributed by atoms with Gasteiger partial charge in [0.25, 0.3) is 0 Å². The lowest BCUT2D eigenvalue weighted by Crippen LogP contribution is -2.22. The predicted molar refractivity (Wildman–Crippen MR) is 75.5 cm³/mol. The van der Waals surface area contributed by atoms with E-state index in [1.54, 1.807) is 19.1 Å². The molecular weight excluding hydrogens is 264 g/mol. The standard InChI is InChI=1S/C13H20N2O3S/c1-5-9(2)13(16)15-11-7-6-10(3)12(8-11)19(17,18)14-4/h6-9,14H,5H2,1-4H3,(H,15,16). The Kier molecular flexibility index (Phi) is 5.08. The first-order valence-corrected chi connectivity index (χ1v) is 7.65. The van der Waals surface area contributed by atoms with Crippen LogP contribution >= 0.6 is 0 Å². The maximum absolute atomic E-state index is 11.8. The number of carbonyl (C=O) groups excluding carboxylic acids is 1. The topological polar surface area (TPSA) is 75.3 Å². The molecule has 0 spiro atoms. The number of anilines is 1. The molecule has 1 rings (SSSR count). The van der Waals surface area contributed by atoms with Crippen LogP contribution in [0.3, 0.4) is 0 Å². The molecular formula is C13H20N2O3S. The lowest BCUT2D eigenvalue weighted by molar-refractivity contribution is -0.119. The highest BCUT2D eigenvalue weighted by atomic mass is 32.2. The Morgan fingerprint density at radius 1 is 1.37 bits per heavy atom. The Hall–Kier alpha value is -1.40. The molecule has 1 aromatic rings. The van der Waals surface area contributed by atoms with Gasteiger partial charge in [0.2, 0.25) is 15.9 Å². The molecule has 0 bridgehead atoms. The largest absolute Gasteiger partial charge is 0.326 e. The third-order valence-corrected chi connectivity index (χ3v) is 4.63. The molecule has 0 radical (unpaired) electrons. The average molecular weight is 284 g/mol. The molecule has 0 saturated heterocycles. The molecule has 2 N–H and O–H groups in total. The number of hydrogen-bond donors (Lipinski definition) is 2. The summed E-state index contributed by atoms with van der Waals surface area (Å²) in [6, 6.07) is 4.85. The van der Waals surface area contributed by atoms with Crippen LogP contribution in [0.25, 0.3) is 0 Å². The SMILES string of the molecule is CCC(C)C(=O)Nc1ccc(C)c(S(=O)(=O)NC)c1. The number of hydrogen-bond acceptors (Lipinski definition) is 3. The summed E-state index contributed by atoms with van der Waals surface area (Å²) in [6.45, 7) is 5.47. The monoisotopic (exact) mass is 284 g/mol. The van der Waals surface area contributed by atoms with Crippen LogP contribution in [0.15, 0.2) is 23.1 Å². The summed E-state index contributed by atoms with van der Waals surface area (Å²) in [5.74, 6) is -0.218. The third-order valence-electron chi connectivity index (χ3n) is 3.07. The minimum Gasteiger partial charge on any atom is -0.326 e. The normalized spacial score (nSPS) is 13.1.